The van der Waals surface area contributed by atoms with E-state index < -0.39 is 0 Å². The standard InChI is InChI=1S/C11H21NO/c1-9(10-3-2-4-10)12-11-5-7-13-8-6-11/h9-12H,2-8H2,1H3. The van der Waals surface area contributed by atoms with Gasteiger partial charge in [0.05, 0.1) is 0 Å². The summed E-state index contributed by atoms with van der Waals surface area (Å²) in [6, 6.07) is 1.46. The number of rotatable bonds is 3. The van der Waals surface area contributed by atoms with E-state index in [1.54, 1.807) is 0 Å². The highest BCUT2D eigenvalue weighted by Crippen LogP contribution is 2.29. The highest BCUT2D eigenvalue weighted by Gasteiger charge is 2.26. The van der Waals surface area contributed by atoms with Gasteiger partial charge in [-0.05, 0) is 38.5 Å². The minimum atomic E-state index is 0.726. The maximum atomic E-state index is 5.34. The van der Waals surface area contributed by atoms with Crippen LogP contribution in [0.2, 0.25) is 0 Å². The first-order valence-electron chi connectivity index (χ1n) is 5.70. The van der Waals surface area contributed by atoms with Gasteiger partial charge in [0.2, 0.25) is 0 Å². The van der Waals surface area contributed by atoms with Crippen LogP contribution in [0.1, 0.15) is 39.0 Å². The van der Waals surface area contributed by atoms with Gasteiger partial charge >= 0.3 is 0 Å². The summed E-state index contributed by atoms with van der Waals surface area (Å²) in [5.41, 5.74) is 0. The van der Waals surface area contributed by atoms with Gasteiger partial charge in [-0.3, -0.25) is 0 Å². The minimum absolute atomic E-state index is 0.726. The Bertz CT molecular complexity index is 150. The molecule has 2 fully saturated rings. The van der Waals surface area contributed by atoms with Gasteiger partial charge in [-0.15, -0.1) is 0 Å². The van der Waals surface area contributed by atoms with Crippen molar-refractivity contribution in [3.63, 3.8) is 0 Å². The molecule has 1 saturated carbocycles. The quantitative estimate of drug-likeness (QED) is 0.722. The molecule has 1 N–H and O–H groups in total. The normalized spacial score (nSPS) is 28.4. The molecule has 13 heavy (non-hydrogen) atoms. The Kier molecular flexibility index (Phi) is 3.23. The van der Waals surface area contributed by atoms with Crippen LogP contribution in [-0.2, 0) is 4.74 Å². The van der Waals surface area contributed by atoms with E-state index in [1.165, 1.54) is 32.1 Å². The van der Waals surface area contributed by atoms with Crippen LogP contribution in [0, 0.1) is 5.92 Å². The van der Waals surface area contributed by atoms with Crippen molar-refractivity contribution >= 4 is 0 Å². The zero-order valence-corrected chi connectivity index (χ0v) is 8.59. The van der Waals surface area contributed by atoms with E-state index in [9.17, 15) is 0 Å². The first-order chi connectivity index (χ1) is 6.36. The molecule has 1 atom stereocenters. The first-order valence-corrected chi connectivity index (χ1v) is 5.70. The van der Waals surface area contributed by atoms with Crippen molar-refractivity contribution in [1.29, 1.82) is 0 Å². The summed E-state index contributed by atoms with van der Waals surface area (Å²) in [6.07, 6.45) is 6.74. The average Bonchev–Trinajstić information content (AvgIpc) is 2.02. The fourth-order valence-electron chi connectivity index (χ4n) is 2.31. The summed E-state index contributed by atoms with van der Waals surface area (Å²) in [7, 11) is 0. The molecule has 0 amide bonds. The highest BCUT2D eigenvalue weighted by atomic mass is 16.5. The molecular formula is C11H21NO. The van der Waals surface area contributed by atoms with Crippen LogP contribution in [0.15, 0.2) is 0 Å². The molecule has 2 aliphatic rings. The van der Waals surface area contributed by atoms with Crippen molar-refractivity contribution < 1.29 is 4.74 Å². The third kappa shape index (κ3) is 2.44. The number of ether oxygens (including phenoxy) is 1. The molecule has 1 aliphatic heterocycles. The lowest BCUT2D eigenvalue weighted by molar-refractivity contribution is 0.0701. The molecule has 1 saturated heterocycles. The zero-order valence-electron chi connectivity index (χ0n) is 8.59. The molecule has 2 rings (SSSR count). The summed E-state index contributed by atoms with van der Waals surface area (Å²) < 4.78 is 5.34. The van der Waals surface area contributed by atoms with Crippen LogP contribution in [-0.4, -0.2) is 25.3 Å². The molecule has 0 aromatic carbocycles. The molecule has 0 radical (unpaired) electrons. The Morgan fingerprint density at radius 2 is 1.85 bits per heavy atom. The second-order valence-electron chi connectivity index (χ2n) is 4.53. The second-order valence-corrected chi connectivity index (χ2v) is 4.53. The van der Waals surface area contributed by atoms with Crippen molar-refractivity contribution in [2.75, 3.05) is 13.2 Å². The molecule has 0 aromatic rings. The predicted octanol–water partition coefficient (Wildman–Crippen LogP) is 1.94. The smallest absolute Gasteiger partial charge is 0.0480 e. The van der Waals surface area contributed by atoms with E-state index in [1.807, 2.05) is 0 Å². The molecule has 76 valence electrons. The lowest BCUT2D eigenvalue weighted by Crippen LogP contribution is -2.45. The van der Waals surface area contributed by atoms with E-state index in [4.69, 9.17) is 4.74 Å². The van der Waals surface area contributed by atoms with Crippen molar-refractivity contribution in [3.05, 3.63) is 0 Å². The summed E-state index contributed by atoms with van der Waals surface area (Å²) >= 11 is 0. The number of hydrogen-bond acceptors (Lipinski definition) is 2. The number of hydrogen-bond donors (Lipinski definition) is 1. The van der Waals surface area contributed by atoms with E-state index >= 15 is 0 Å². The Balaban J connectivity index is 1.69. The fourth-order valence-corrected chi connectivity index (χ4v) is 2.31. The summed E-state index contributed by atoms with van der Waals surface area (Å²) in [5.74, 6) is 0.961. The molecule has 2 nitrogen and oxygen atoms in total. The van der Waals surface area contributed by atoms with Crippen LogP contribution in [0.25, 0.3) is 0 Å². The molecular weight excluding hydrogens is 162 g/mol. The third-order valence-electron chi connectivity index (χ3n) is 3.58. The molecule has 0 bridgehead atoms. The zero-order chi connectivity index (χ0) is 9.10. The lowest BCUT2D eigenvalue weighted by Gasteiger charge is -2.35. The summed E-state index contributed by atoms with van der Waals surface area (Å²) in [5, 5.41) is 3.74. The van der Waals surface area contributed by atoms with E-state index in [0.29, 0.717) is 0 Å². The Morgan fingerprint density at radius 3 is 2.38 bits per heavy atom. The van der Waals surface area contributed by atoms with Crippen LogP contribution < -0.4 is 5.32 Å². The average molecular weight is 183 g/mol. The van der Waals surface area contributed by atoms with Gasteiger partial charge in [0.25, 0.3) is 0 Å². The molecule has 0 aromatic heterocycles. The Morgan fingerprint density at radius 1 is 1.15 bits per heavy atom. The topological polar surface area (TPSA) is 21.3 Å². The molecule has 1 unspecified atom stereocenters. The van der Waals surface area contributed by atoms with Crippen molar-refractivity contribution in [1.82, 2.24) is 5.32 Å². The molecule has 1 aliphatic carbocycles. The summed E-state index contributed by atoms with van der Waals surface area (Å²) in [4.78, 5) is 0. The van der Waals surface area contributed by atoms with Gasteiger partial charge in [-0.2, -0.15) is 0 Å². The van der Waals surface area contributed by atoms with Crippen molar-refractivity contribution in [3.8, 4) is 0 Å². The largest absolute Gasteiger partial charge is 0.381 e. The van der Waals surface area contributed by atoms with E-state index in [2.05, 4.69) is 12.2 Å². The Hall–Kier alpha value is -0.0800. The summed E-state index contributed by atoms with van der Waals surface area (Å²) in [6.45, 7) is 4.25. The SMILES string of the molecule is CC(NC1CCOCC1)C1CCC1. The van der Waals surface area contributed by atoms with Gasteiger partial charge < -0.3 is 10.1 Å². The van der Waals surface area contributed by atoms with Crippen LogP contribution >= 0.6 is 0 Å². The van der Waals surface area contributed by atoms with Gasteiger partial charge in [0.1, 0.15) is 0 Å². The highest BCUT2D eigenvalue weighted by molar-refractivity contribution is 4.83. The van der Waals surface area contributed by atoms with Crippen LogP contribution in [0.3, 0.4) is 0 Å². The fraction of sp³-hybridized carbons (Fsp3) is 1.00. The lowest BCUT2D eigenvalue weighted by atomic mass is 9.80. The van der Waals surface area contributed by atoms with Crippen LogP contribution in [0.5, 0.6) is 0 Å². The van der Waals surface area contributed by atoms with Crippen molar-refractivity contribution in [2.45, 2.75) is 51.1 Å². The maximum absolute atomic E-state index is 5.34. The first kappa shape index (κ1) is 9.47. The van der Waals surface area contributed by atoms with Gasteiger partial charge in [0.15, 0.2) is 0 Å². The minimum Gasteiger partial charge on any atom is -0.381 e. The van der Waals surface area contributed by atoms with Gasteiger partial charge in [0, 0.05) is 25.3 Å². The second kappa shape index (κ2) is 4.43. The molecule has 0 spiro atoms. The maximum Gasteiger partial charge on any atom is 0.0480 e. The monoisotopic (exact) mass is 183 g/mol. The van der Waals surface area contributed by atoms with E-state index in [-0.39, 0.29) is 0 Å². The third-order valence-corrected chi connectivity index (χ3v) is 3.58. The van der Waals surface area contributed by atoms with Crippen LogP contribution in [0.4, 0.5) is 0 Å². The predicted molar refractivity (Wildman–Crippen MR) is 53.8 cm³/mol. The number of nitrogens with one attached hydrogen (secondary N) is 1. The van der Waals surface area contributed by atoms with Gasteiger partial charge in [-0.25, -0.2) is 0 Å². The van der Waals surface area contributed by atoms with E-state index in [0.717, 1.165) is 31.2 Å². The molecule has 1 heterocycles. The van der Waals surface area contributed by atoms with Crippen molar-refractivity contribution in [2.24, 2.45) is 5.92 Å². The Labute approximate surface area is 81.0 Å². The van der Waals surface area contributed by atoms with Gasteiger partial charge in [-0.1, -0.05) is 6.42 Å². The molecule has 2 heteroatoms.